The van der Waals surface area contributed by atoms with Crippen LogP contribution in [0.2, 0.25) is 0 Å². The van der Waals surface area contributed by atoms with Crippen molar-refractivity contribution in [1.82, 2.24) is 20.9 Å². The molecule has 0 bridgehead atoms. The summed E-state index contributed by atoms with van der Waals surface area (Å²) in [5, 5.41) is 28.9. The molecule has 0 saturated heterocycles. The van der Waals surface area contributed by atoms with Crippen LogP contribution in [-0.2, 0) is 25.8 Å². The van der Waals surface area contributed by atoms with Crippen LogP contribution < -0.4 is 16.0 Å². The Morgan fingerprint density at radius 3 is 2.24 bits per heavy atom. The highest BCUT2D eigenvalue weighted by Crippen LogP contribution is 2.15. The molecule has 1 heterocycles. The number of unbranched alkanes of at least 4 members (excludes halogenated alkanes) is 1. The zero-order chi connectivity index (χ0) is 30.7. The maximum Gasteiger partial charge on any atom is 0.253 e. The first-order chi connectivity index (χ1) is 19.2. The predicted molar refractivity (Wildman–Crippen MR) is 146 cm³/mol. The molecule has 0 spiro atoms. The molecular weight excluding hydrogens is 562 g/mol. The van der Waals surface area contributed by atoms with Gasteiger partial charge in [-0.1, -0.05) is 13.3 Å². The van der Waals surface area contributed by atoms with Gasteiger partial charge in [-0.05, 0) is 49.6 Å². The maximum absolute atomic E-state index is 13.9. The number of nitrogens with zero attached hydrogens (tertiary/aromatic N) is 1. The highest BCUT2D eigenvalue weighted by molar-refractivity contribution is 7.91. The summed E-state index contributed by atoms with van der Waals surface area (Å²) < 4.78 is 53.3. The van der Waals surface area contributed by atoms with Crippen molar-refractivity contribution in [3.63, 3.8) is 0 Å². The molecule has 2 aromatic rings. The van der Waals surface area contributed by atoms with Gasteiger partial charge < -0.3 is 26.2 Å². The first kappa shape index (κ1) is 33.7. The molecule has 5 atom stereocenters. The first-order valence-corrected chi connectivity index (χ1v) is 14.8. The van der Waals surface area contributed by atoms with Crippen LogP contribution in [0, 0.1) is 11.6 Å². The molecule has 14 heteroatoms. The Morgan fingerprint density at radius 1 is 1.02 bits per heavy atom. The van der Waals surface area contributed by atoms with Gasteiger partial charge >= 0.3 is 0 Å². The fourth-order valence-electron chi connectivity index (χ4n) is 4.09. The lowest BCUT2D eigenvalue weighted by Crippen LogP contribution is -2.59. The Balaban J connectivity index is 2.40. The van der Waals surface area contributed by atoms with E-state index in [-0.39, 0.29) is 16.9 Å². The van der Waals surface area contributed by atoms with Crippen LogP contribution in [0.3, 0.4) is 0 Å². The second-order valence-corrected chi connectivity index (χ2v) is 12.0. The summed E-state index contributed by atoms with van der Waals surface area (Å²) in [4.78, 5) is 41.5. The predicted octanol–water partition coefficient (Wildman–Crippen LogP) is 0.647. The van der Waals surface area contributed by atoms with Crippen LogP contribution in [0.1, 0.15) is 49.5 Å². The van der Waals surface area contributed by atoms with Crippen LogP contribution in [-0.4, -0.2) is 83.2 Å². The number of hydrogen-bond donors (Lipinski definition) is 5. The Morgan fingerprint density at radius 2 is 1.68 bits per heavy atom. The summed E-state index contributed by atoms with van der Waals surface area (Å²) >= 11 is 0. The van der Waals surface area contributed by atoms with Gasteiger partial charge in [0.25, 0.3) is 5.91 Å². The third-order valence-electron chi connectivity index (χ3n) is 6.19. The van der Waals surface area contributed by atoms with E-state index in [0.29, 0.717) is 18.9 Å². The number of rotatable bonds is 15. The van der Waals surface area contributed by atoms with Gasteiger partial charge in [-0.25, -0.2) is 17.2 Å². The number of aromatic nitrogens is 1. The number of aliphatic hydroxyl groups is 2. The highest BCUT2D eigenvalue weighted by Gasteiger charge is 2.35. The van der Waals surface area contributed by atoms with Crippen LogP contribution in [0.4, 0.5) is 8.78 Å². The maximum atomic E-state index is 13.9. The van der Waals surface area contributed by atoms with E-state index in [2.05, 4.69) is 20.9 Å². The van der Waals surface area contributed by atoms with Crippen molar-refractivity contribution < 1.29 is 41.8 Å². The van der Waals surface area contributed by atoms with Crippen LogP contribution in [0.5, 0.6) is 0 Å². The smallest absolute Gasteiger partial charge is 0.253 e. The van der Waals surface area contributed by atoms with Crippen molar-refractivity contribution in [3.05, 3.63) is 65.5 Å². The second-order valence-electron chi connectivity index (χ2n) is 9.80. The van der Waals surface area contributed by atoms with E-state index < -0.39 is 81.7 Å². The SMILES string of the molecule is CCCCS(=O)(=O)CC(NC(=O)c1cccnc1)C(=O)NC(Cc1cc(F)cc(F)c1)C(O)C(O)C(C)NC(C)=O. The molecule has 1 aromatic carbocycles. The molecule has 0 fully saturated rings. The van der Waals surface area contributed by atoms with Crippen LogP contribution in [0.25, 0.3) is 0 Å². The lowest BCUT2D eigenvalue weighted by Gasteiger charge is -2.32. The molecular formula is C27H36F2N4O7S. The molecule has 41 heavy (non-hydrogen) atoms. The van der Waals surface area contributed by atoms with E-state index in [9.17, 15) is 41.8 Å². The van der Waals surface area contributed by atoms with Crippen molar-refractivity contribution in [1.29, 1.82) is 0 Å². The van der Waals surface area contributed by atoms with Gasteiger partial charge in [0.15, 0.2) is 9.84 Å². The van der Waals surface area contributed by atoms with Crippen LogP contribution in [0.15, 0.2) is 42.7 Å². The van der Waals surface area contributed by atoms with Crippen molar-refractivity contribution in [3.8, 4) is 0 Å². The van der Waals surface area contributed by atoms with Gasteiger partial charge in [0.05, 0.1) is 29.2 Å². The van der Waals surface area contributed by atoms with E-state index in [1.807, 2.05) is 0 Å². The molecule has 0 aliphatic heterocycles. The number of nitrogens with one attached hydrogen (secondary N) is 3. The van der Waals surface area contributed by atoms with Crippen LogP contribution >= 0.6 is 0 Å². The summed E-state index contributed by atoms with van der Waals surface area (Å²) in [6.07, 6.45) is -0.297. The van der Waals surface area contributed by atoms with E-state index in [1.54, 1.807) is 6.92 Å². The molecule has 3 amide bonds. The molecule has 5 unspecified atom stereocenters. The monoisotopic (exact) mass is 598 g/mol. The summed E-state index contributed by atoms with van der Waals surface area (Å²) in [7, 11) is -3.83. The second kappa shape index (κ2) is 15.5. The topological polar surface area (TPSA) is 175 Å². The molecule has 0 aliphatic rings. The van der Waals surface area contributed by atoms with Gasteiger partial charge in [0, 0.05) is 25.4 Å². The lowest BCUT2D eigenvalue weighted by atomic mass is 9.94. The lowest BCUT2D eigenvalue weighted by molar-refractivity contribution is -0.126. The van der Waals surface area contributed by atoms with E-state index in [0.717, 1.165) is 12.1 Å². The number of benzene rings is 1. The number of aliphatic hydroxyl groups excluding tert-OH is 2. The average Bonchev–Trinajstić information content (AvgIpc) is 2.89. The summed E-state index contributed by atoms with van der Waals surface area (Å²) in [6, 6.07) is 1.40. The number of hydrogen-bond acceptors (Lipinski definition) is 8. The average molecular weight is 599 g/mol. The van der Waals surface area contributed by atoms with Crippen molar-refractivity contribution >= 4 is 27.6 Å². The largest absolute Gasteiger partial charge is 0.388 e. The molecule has 0 aliphatic carbocycles. The molecule has 0 radical (unpaired) electrons. The summed E-state index contributed by atoms with van der Waals surface area (Å²) in [6.45, 7) is 4.38. The van der Waals surface area contributed by atoms with Crippen molar-refractivity contribution in [2.75, 3.05) is 11.5 Å². The molecule has 5 N–H and O–H groups in total. The van der Waals surface area contributed by atoms with Gasteiger partial charge in [0.2, 0.25) is 11.8 Å². The standard InChI is InChI=1S/C27H36F2N4O7S/c1-4-5-9-41(39,40)15-23(33-26(37)19-7-6-8-30-14-19)27(38)32-22(12-18-10-20(28)13-21(29)11-18)25(36)24(35)16(2)31-17(3)34/h6-8,10-11,13-14,16,22-25,35-36H,4-5,9,12,15H2,1-3H3,(H,31,34)(H,32,38)(H,33,37). The first-order valence-electron chi connectivity index (χ1n) is 13.0. The molecule has 2 rings (SSSR count). The minimum absolute atomic E-state index is 0.0118. The zero-order valence-corrected chi connectivity index (χ0v) is 23.8. The molecule has 1 aromatic heterocycles. The Kier molecular flexibility index (Phi) is 12.7. The van der Waals surface area contributed by atoms with E-state index in [1.165, 1.54) is 38.4 Å². The number of halogens is 2. The minimum Gasteiger partial charge on any atom is -0.388 e. The molecule has 11 nitrogen and oxygen atoms in total. The molecule has 226 valence electrons. The fraction of sp³-hybridized carbons (Fsp3) is 0.481. The third kappa shape index (κ3) is 11.1. The van der Waals surface area contributed by atoms with Gasteiger partial charge in [-0.15, -0.1) is 0 Å². The number of carbonyl (C=O) groups is 3. The fourth-order valence-corrected chi connectivity index (χ4v) is 5.72. The number of pyridine rings is 1. The minimum atomic E-state index is -3.83. The van der Waals surface area contributed by atoms with Gasteiger partial charge in [-0.3, -0.25) is 19.4 Å². The Hall–Kier alpha value is -3.49. The Bertz CT molecular complexity index is 1280. The molecule has 0 saturated carbocycles. The quantitative estimate of drug-likeness (QED) is 0.199. The normalized spacial score (nSPS) is 15.2. The summed E-state index contributed by atoms with van der Waals surface area (Å²) in [5.41, 5.74) is 0.0698. The zero-order valence-electron chi connectivity index (χ0n) is 23.0. The van der Waals surface area contributed by atoms with Gasteiger partial charge in [0.1, 0.15) is 29.9 Å². The summed E-state index contributed by atoms with van der Waals surface area (Å²) in [5.74, 6) is -5.17. The highest BCUT2D eigenvalue weighted by atomic mass is 32.2. The van der Waals surface area contributed by atoms with Gasteiger partial charge in [-0.2, -0.15) is 0 Å². The number of carbonyl (C=O) groups excluding carboxylic acids is 3. The third-order valence-corrected chi connectivity index (χ3v) is 7.94. The number of amides is 3. The van der Waals surface area contributed by atoms with Crippen molar-refractivity contribution in [2.24, 2.45) is 0 Å². The van der Waals surface area contributed by atoms with E-state index >= 15 is 0 Å². The Labute approximate surface area is 237 Å². The van der Waals surface area contributed by atoms with Crippen molar-refractivity contribution in [2.45, 2.75) is 70.4 Å². The number of sulfone groups is 1. The van der Waals surface area contributed by atoms with E-state index in [4.69, 9.17) is 0 Å².